The first-order valence-electron chi connectivity index (χ1n) is 8.59. The molecule has 12 heteroatoms. The van der Waals surface area contributed by atoms with E-state index in [4.69, 9.17) is 0 Å². The fraction of sp³-hybridized carbons (Fsp3) is 0.438. The molecule has 1 aliphatic heterocycles. The van der Waals surface area contributed by atoms with E-state index >= 15 is 0 Å². The summed E-state index contributed by atoms with van der Waals surface area (Å²) in [6.45, 7) is 5.04. The molecule has 2 aromatic rings. The molecule has 0 N–H and O–H groups in total. The number of carbonyl (C=O) groups is 1. The van der Waals surface area contributed by atoms with E-state index in [9.17, 15) is 25.0 Å². The second kappa shape index (κ2) is 7.58. The number of amides is 1. The number of carbonyl (C=O) groups excluding carboxylic acids is 1. The molecule has 0 radical (unpaired) electrons. The van der Waals surface area contributed by atoms with Crippen LogP contribution in [0.3, 0.4) is 0 Å². The number of aryl methyl sites for hydroxylation is 1. The lowest BCUT2D eigenvalue weighted by Gasteiger charge is -2.35. The normalized spacial score (nSPS) is 14.2. The van der Waals surface area contributed by atoms with E-state index < -0.39 is 9.85 Å². The third-order valence-corrected chi connectivity index (χ3v) is 4.71. The Kier molecular flexibility index (Phi) is 5.20. The average molecular weight is 389 g/mol. The first kappa shape index (κ1) is 19.2. The monoisotopic (exact) mass is 389 g/mol. The van der Waals surface area contributed by atoms with Crippen LogP contribution >= 0.6 is 0 Å². The molecule has 1 amide bonds. The van der Waals surface area contributed by atoms with Gasteiger partial charge in [0.1, 0.15) is 29.9 Å². The predicted octanol–water partition coefficient (Wildman–Crippen LogP) is 1.06. The van der Waals surface area contributed by atoms with Crippen LogP contribution < -0.4 is 4.90 Å². The molecule has 28 heavy (non-hydrogen) atoms. The highest BCUT2D eigenvalue weighted by Crippen LogP contribution is 2.22. The summed E-state index contributed by atoms with van der Waals surface area (Å²) >= 11 is 0. The van der Waals surface area contributed by atoms with Gasteiger partial charge in [0.15, 0.2) is 0 Å². The molecular formula is C16H19N7O5. The molecular weight excluding hydrogens is 370 g/mol. The molecule has 0 spiro atoms. The smallest absolute Gasteiger partial charge is 0.312 e. The van der Waals surface area contributed by atoms with Gasteiger partial charge in [0.2, 0.25) is 5.91 Å². The molecule has 1 aliphatic rings. The lowest BCUT2D eigenvalue weighted by Crippen LogP contribution is -2.50. The van der Waals surface area contributed by atoms with Crippen molar-refractivity contribution in [3.8, 4) is 0 Å². The van der Waals surface area contributed by atoms with Crippen molar-refractivity contribution in [2.24, 2.45) is 0 Å². The van der Waals surface area contributed by atoms with Crippen LogP contribution in [-0.4, -0.2) is 61.6 Å². The Balaban J connectivity index is 1.60. The summed E-state index contributed by atoms with van der Waals surface area (Å²) in [4.78, 5) is 41.1. The van der Waals surface area contributed by atoms with Crippen molar-refractivity contribution in [2.45, 2.75) is 20.4 Å². The largest absolute Gasteiger partial charge is 0.353 e. The Morgan fingerprint density at radius 2 is 1.79 bits per heavy atom. The number of pyridine rings is 1. The fourth-order valence-corrected chi connectivity index (χ4v) is 3.19. The van der Waals surface area contributed by atoms with Crippen LogP contribution in [0.2, 0.25) is 0 Å². The molecule has 2 aromatic heterocycles. The maximum absolute atomic E-state index is 12.6. The number of hydrogen-bond donors (Lipinski definition) is 0. The summed E-state index contributed by atoms with van der Waals surface area (Å²) in [5, 5.41) is 25.9. The van der Waals surface area contributed by atoms with E-state index in [2.05, 4.69) is 10.1 Å². The molecule has 0 atom stereocenters. The summed E-state index contributed by atoms with van der Waals surface area (Å²) < 4.78 is 1.36. The molecule has 0 saturated carbocycles. The van der Waals surface area contributed by atoms with Crippen molar-refractivity contribution in [1.29, 1.82) is 0 Å². The molecule has 12 nitrogen and oxygen atoms in total. The SMILES string of the molecule is Cc1nn(CC(=O)N2CCN(c3ccc([N+](=O)[O-])cn3)CC2)c(C)c1[N+](=O)[O-]. The number of nitrogens with zero attached hydrogens (tertiary/aromatic N) is 7. The Morgan fingerprint density at radius 3 is 2.29 bits per heavy atom. The molecule has 0 unspecified atom stereocenters. The first-order chi connectivity index (χ1) is 13.3. The quantitative estimate of drug-likeness (QED) is 0.546. The van der Waals surface area contributed by atoms with Crippen LogP contribution in [0.1, 0.15) is 11.4 Å². The van der Waals surface area contributed by atoms with Crippen molar-refractivity contribution < 1.29 is 14.6 Å². The minimum Gasteiger partial charge on any atom is -0.353 e. The summed E-state index contributed by atoms with van der Waals surface area (Å²) in [6.07, 6.45) is 1.21. The molecule has 148 valence electrons. The Hall–Kier alpha value is -3.57. The second-order valence-electron chi connectivity index (χ2n) is 6.43. The molecule has 0 bridgehead atoms. The average Bonchev–Trinajstić information content (AvgIpc) is 2.95. The molecule has 3 rings (SSSR count). The summed E-state index contributed by atoms with van der Waals surface area (Å²) in [6, 6.07) is 2.99. The van der Waals surface area contributed by atoms with Gasteiger partial charge in [-0.3, -0.25) is 29.7 Å². The van der Waals surface area contributed by atoms with E-state index in [0.29, 0.717) is 37.7 Å². The van der Waals surface area contributed by atoms with Gasteiger partial charge in [-0.1, -0.05) is 0 Å². The van der Waals surface area contributed by atoms with E-state index in [1.807, 2.05) is 4.90 Å². The van der Waals surface area contributed by atoms with E-state index in [1.165, 1.54) is 16.9 Å². The van der Waals surface area contributed by atoms with Gasteiger partial charge in [0.25, 0.3) is 5.69 Å². The maximum atomic E-state index is 12.6. The third kappa shape index (κ3) is 3.75. The predicted molar refractivity (Wildman–Crippen MR) is 98.0 cm³/mol. The van der Waals surface area contributed by atoms with Crippen molar-refractivity contribution >= 4 is 23.1 Å². The summed E-state index contributed by atoms with van der Waals surface area (Å²) in [7, 11) is 0. The number of anilines is 1. The van der Waals surface area contributed by atoms with Gasteiger partial charge in [-0.05, 0) is 19.9 Å². The third-order valence-electron chi connectivity index (χ3n) is 4.71. The van der Waals surface area contributed by atoms with Crippen molar-refractivity contribution in [1.82, 2.24) is 19.7 Å². The molecule has 1 fully saturated rings. The minimum absolute atomic E-state index is 0.0592. The van der Waals surface area contributed by atoms with E-state index in [1.54, 1.807) is 24.8 Å². The Morgan fingerprint density at radius 1 is 1.11 bits per heavy atom. The van der Waals surface area contributed by atoms with Gasteiger partial charge < -0.3 is 9.80 Å². The van der Waals surface area contributed by atoms with Crippen LogP contribution in [0.4, 0.5) is 17.2 Å². The fourth-order valence-electron chi connectivity index (χ4n) is 3.19. The Labute approximate surface area is 159 Å². The lowest BCUT2D eigenvalue weighted by molar-refractivity contribution is -0.386. The van der Waals surface area contributed by atoms with Gasteiger partial charge in [-0.2, -0.15) is 5.10 Å². The molecule has 3 heterocycles. The first-order valence-corrected chi connectivity index (χ1v) is 8.59. The minimum atomic E-state index is -0.503. The number of hydrogen-bond acceptors (Lipinski definition) is 8. The second-order valence-corrected chi connectivity index (χ2v) is 6.43. The van der Waals surface area contributed by atoms with Crippen LogP contribution in [0, 0.1) is 34.1 Å². The van der Waals surface area contributed by atoms with Crippen LogP contribution in [0.25, 0.3) is 0 Å². The summed E-state index contributed by atoms with van der Waals surface area (Å²) in [5.74, 6) is 0.448. The van der Waals surface area contributed by atoms with Crippen LogP contribution in [0.5, 0.6) is 0 Å². The molecule has 0 aromatic carbocycles. The number of rotatable bonds is 5. The maximum Gasteiger partial charge on any atom is 0.312 e. The zero-order chi connectivity index (χ0) is 20.4. The number of aromatic nitrogens is 3. The van der Waals surface area contributed by atoms with Crippen molar-refractivity contribution in [3.05, 3.63) is 49.9 Å². The highest BCUT2D eigenvalue weighted by molar-refractivity contribution is 5.76. The topological polar surface area (TPSA) is 141 Å². The highest BCUT2D eigenvalue weighted by atomic mass is 16.6. The van der Waals surface area contributed by atoms with Gasteiger partial charge in [0.05, 0.1) is 9.85 Å². The number of piperazine rings is 1. The zero-order valence-electron chi connectivity index (χ0n) is 15.4. The van der Waals surface area contributed by atoms with Crippen molar-refractivity contribution in [3.63, 3.8) is 0 Å². The molecule has 0 aliphatic carbocycles. The summed E-state index contributed by atoms with van der Waals surface area (Å²) in [5.41, 5.74) is 0.493. The van der Waals surface area contributed by atoms with Crippen LogP contribution in [-0.2, 0) is 11.3 Å². The van der Waals surface area contributed by atoms with Crippen molar-refractivity contribution in [2.75, 3.05) is 31.1 Å². The number of nitro groups is 2. The molecule has 1 saturated heterocycles. The van der Waals surface area contributed by atoms with E-state index in [-0.39, 0.29) is 29.5 Å². The van der Waals surface area contributed by atoms with Gasteiger partial charge in [-0.15, -0.1) is 0 Å². The van der Waals surface area contributed by atoms with Crippen LogP contribution in [0.15, 0.2) is 18.3 Å². The standard InChI is InChI=1S/C16H19N7O5/c1-11-16(23(27)28)12(2)21(18-11)10-15(24)20-7-5-19(6-8-20)14-4-3-13(9-17-14)22(25)26/h3-4,9H,5-8,10H2,1-2H3. The Bertz CT molecular complexity index is 916. The van der Waals surface area contributed by atoms with Gasteiger partial charge >= 0.3 is 5.69 Å². The lowest BCUT2D eigenvalue weighted by atomic mass is 10.3. The highest BCUT2D eigenvalue weighted by Gasteiger charge is 2.26. The van der Waals surface area contributed by atoms with Gasteiger partial charge in [0, 0.05) is 32.2 Å². The van der Waals surface area contributed by atoms with Gasteiger partial charge in [-0.25, -0.2) is 4.98 Å². The zero-order valence-corrected chi connectivity index (χ0v) is 15.4. The van der Waals surface area contributed by atoms with E-state index in [0.717, 1.165) is 0 Å².